The summed E-state index contributed by atoms with van der Waals surface area (Å²) in [5, 5.41) is 0.502. The van der Waals surface area contributed by atoms with Gasteiger partial charge in [0.05, 0.1) is 5.75 Å². The molecular weight excluding hydrogens is 394 g/mol. The van der Waals surface area contributed by atoms with Gasteiger partial charge in [-0.3, -0.25) is 9.59 Å². The number of hydrogen-bond donors (Lipinski definition) is 1. The van der Waals surface area contributed by atoms with Crippen LogP contribution in [0.15, 0.2) is 76.7 Å². The van der Waals surface area contributed by atoms with Crippen LogP contribution in [0.1, 0.15) is 30.2 Å². The molecule has 0 aliphatic heterocycles. The molecule has 0 aliphatic carbocycles. The number of nitrogens with one attached hydrogen (secondary N) is 1. The zero-order valence-electron chi connectivity index (χ0n) is 17.2. The van der Waals surface area contributed by atoms with E-state index in [-0.39, 0.29) is 17.2 Å². The highest BCUT2D eigenvalue weighted by atomic mass is 32.2. The van der Waals surface area contributed by atoms with E-state index < -0.39 is 0 Å². The third kappa shape index (κ3) is 6.88. The van der Waals surface area contributed by atoms with Crippen molar-refractivity contribution in [3.63, 3.8) is 0 Å². The lowest BCUT2D eigenvalue weighted by molar-refractivity contribution is -0.128. The molecule has 1 N–H and O–H groups in total. The highest BCUT2D eigenvalue weighted by molar-refractivity contribution is 7.99. The Balaban J connectivity index is 1.67. The van der Waals surface area contributed by atoms with Crippen molar-refractivity contribution < 1.29 is 4.79 Å². The van der Waals surface area contributed by atoms with Crippen LogP contribution in [-0.4, -0.2) is 33.1 Å². The fraction of sp³-hybridized carbons (Fsp3) is 0.292. The molecule has 1 aromatic heterocycles. The lowest BCUT2D eigenvalue weighted by atomic mass is 10.1. The van der Waals surface area contributed by atoms with E-state index >= 15 is 0 Å². The predicted molar refractivity (Wildman–Crippen MR) is 122 cm³/mol. The van der Waals surface area contributed by atoms with E-state index in [2.05, 4.69) is 22.1 Å². The van der Waals surface area contributed by atoms with Gasteiger partial charge in [-0.05, 0) is 24.0 Å². The number of aryl methyl sites for hydroxylation is 1. The first kappa shape index (κ1) is 21.8. The average Bonchev–Trinajstić information content (AvgIpc) is 2.76. The van der Waals surface area contributed by atoms with Crippen molar-refractivity contribution in [2.24, 2.45) is 0 Å². The standard InChI is InChI=1S/C24H27N3O2S/c1-2-9-21-16-22(28)26-24(25-21)30-18-23(29)27(17-20-12-7-4-8-13-20)15-14-19-10-5-3-6-11-19/h3-8,10-13,16H,2,9,14-15,17-18H2,1H3,(H,25,26,28). The minimum absolute atomic E-state index is 0.0309. The first-order valence-corrected chi connectivity index (χ1v) is 11.2. The van der Waals surface area contributed by atoms with E-state index in [0.717, 1.165) is 30.5 Å². The summed E-state index contributed by atoms with van der Waals surface area (Å²) in [6.45, 7) is 3.25. The molecule has 1 amide bonds. The third-order valence-corrected chi connectivity index (χ3v) is 5.55. The number of aromatic amines is 1. The largest absolute Gasteiger partial charge is 0.337 e. The van der Waals surface area contributed by atoms with Crippen LogP contribution in [0.5, 0.6) is 0 Å². The van der Waals surface area contributed by atoms with Crippen molar-refractivity contribution in [3.8, 4) is 0 Å². The van der Waals surface area contributed by atoms with Gasteiger partial charge >= 0.3 is 0 Å². The maximum atomic E-state index is 13.0. The number of rotatable bonds is 10. The Kier molecular flexibility index (Phi) is 8.27. The Morgan fingerprint density at radius 3 is 2.33 bits per heavy atom. The topological polar surface area (TPSA) is 66.1 Å². The maximum Gasteiger partial charge on any atom is 0.251 e. The number of carbonyl (C=O) groups is 1. The highest BCUT2D eigenvalue weighted by Crippen LogP contribution is 2.15. The molecule has 3 rings (SSSR count). The van der Waals surface area contributed by atoms with Crippen LogP contribution >= 0.6 is 11.8 Å². The van der Waals surface area contributed by atoms with Gasteiger partial charge in [0, 0.05) is 24.8 Å². The lowest BCUT2D eigenvalue weighted by Gasteiger charge is -2.23. The van der Waals surface area contributed by atoms with Crippen molar-refractivity contribution in [2.45, 2.75) is 37.9 Å². The summed E-state index contributed by atoms with van der Waals surface area (Å²) in [7, 11) is 0. The van der Waals surface area contributed by atoms with Gasteiger partial charge in [0.2, 0.25) is 5.91 Å². The van der Waals surface area contributed by atoms with Gasteiger partial charge in [0.15, 0.2) is 5.16 Å². The maximum absolute atomic E-state index is 13.0. The minimum Gasteiger partial charge on any atom is -0.337 e. The smallest absolute Gasteiger partial charge is 0.251 e. The number of H-pyrrole nitrogens is 1. The fourth-order valence-corrected chi connectivity index (χ4v) is 3.96. The van der Waals surface area contributed by atoms with Gasteiger partial charge in [-0.15, -0.1) is 0 Å². The van der Waals surface area contributed by atoms with E-state index in [1.807, 2.05) is 60.4 Å². The number of aromatic nitrogens is 2. The van der Waals surface area contributed by atoms with Gasteiger partial charge in [0.25, 0.3) is 5.56 Å². The molecular formula is C24H27N3O2S. The molecule has 156 valence electrons. The quantitative estimate of drug-likeness (QED) is 0.396. The number of nitrogens with zero attached hydrogens (tertiary/aromatic N) is 2. The van der Waals surface area contributed by atoms with E-state index in [0.29, 0.717) is 18.2 Å². The van der Waals surface area contributed by atoms with E-state index in [9.17, 15) is 9.59 Å². The van der Waals surface area contributed by atoms with Gasteiger partial charge in [0.1, 0.15) is 0 Å². The third-order valence-electron chi connectivity index (χ3n) is 4.69. The van der Waals surface area contributed by atoms with Gasteiger partial charge in [-0.1, -0.05) is 85.8 Å². The number of benzene rings is 2. The Labute approximate surface area is 181 Å². The minimum atomic E-state index is -0.173. The van der Waals surface area contributed by atoms with Gasteiger partial charge < -0.3 is 9.88 Å². The van der Waals surface area contributed by atoms with Crippen molar-refractivity contribution in [3.05, 3.63) is 93.9 Å². The molecule has 0 saturated carbocycles. The lowest BCUT2D eigenvalue weighted by Crippen LogP contribution is -2.34. The molecule has 0 bridgehead atoms. The zero-order chi connectivity index (χ0) is 21.2. The summed E-state index contributed by atoms with van der Waals surface area (Å²) < 4.78 is 0. The number of carbonyl (C=O) groups excluding carboxylic acids is 1. The van der Waals surface area contributed by atoms with Crippen LogP contribution in [0, 0.1) is 0 Å². The second-order valence-corrected chi connectivity index (χ2v) is 8.08. The van der Waals surface area contributed by atoms with Gasteiger partial charge in [-0.25, -0.2) is 4.98 Å². The highest BCUT2D eigenvalue weighted by Gasteiger charge is 2.15. The molecule has 0 fully saturated rings. The number of thioether (sulfide) groups is 1. The van der Waals surface area contributed by atoms with Crippen molar-refractivity contribution in [2.75, 3.05) is 12.3 Å². The second-order valence-electron chi connectivity index (χ2n) is 7.12. The van der Waals surface area contributed by atoms with Crippen LogP contribution < -0.4 is 5.56 Å². The fourth-order valence-electron chi connectivity index (χ4n) is 3.16. The van der Waals surface area contributed by atoms with Crippen LogP contribution in [0.2, 0.25) is 0 Å². The molecule has 6 heteroatoms. The van der Waals surface area contributed by atoms with Crippen LogP contribution in [0.3, 0.4) is 0 Å². The second kappa shape index (κ2) is 11.4. The van der Waals surface area contributed by atoms with E-state index in [1.165, 1.54) is 23.4 Å². The Hall–Kier alpha value is -2.86. The molecule has 0 spiro atoms. The Bertz CT molecular complexity index is 990. The molecule has 0 aliphatic rings. The average molecular weight is 422 g/mol. The molecule has 0 unspecified atom stereocenters. The molecule has 2 aromatic carbocycles. The van der Waals surface area contributed by atoms with Crippen molar-refractivity contribution >= 4 is 17.7 Å². The monoisotopic (exact) mass is 421 g/mol. The molecule has 0 radical (unpaired) electrons. The molecule has 1 heterocycles. The van der Waals surface area contributed by atoms with Crippen LogP contribution in [0.4, 0.5) is 0 Å². The van der Waals surface area contributed by atoms with E-state index in [1.54, 1.807) is 0 Å². The molecule has 3 aromatic rings. The summed E-state index contributed by atoms with van der Waals surface area (Å²) in [5.41, 5.74) is 2.89. The SMILES string of the molecule is CCCc1cc(=O)[nH]c(SCC(=O)N(CCc2ccccc2)Cc2ccccc2)n1. The first-order chi connectivity index (χ1) is 14.6. The molecule has 0 atom stereocenters. The van der Waals surface area contributed by atoms with Crippen molar-refractivity contribution in [1.82, 2.24) is 14.9 Å². The summed E-state index contributed by atoms with van der Waals surface area (Å²) in [5.74, 6) is 0.267. The first-order valence-electron chi connectivity index (χ1n) is 10.2. The van der Waals surface area contributed by atoms with Crippen molar-refractivity contribution in [1.29, 1.82) is 0 Å². The summed E-state index contributed by atoms with van der Waals surface area (Å²) in [4.78, 5) is 34.0. The normalized spacial score (nSPS) is 10.7. The van der Waals surface area contributed by atoms with Crippen LogP contribution in [0.25, 0.3) is 0 Å². The van der Waals surface area contributed by atoms with Gasteiger partial charge in [-0.2, -0.15) is 0 Å². The Morgan fingerprint density at radius 1 is 1.00 bits per heavy atom. The molecule has 5 nitrogen and oxygen atoms in total. The number of amides is 1. The summed E-state index contributed by atoms with van der Waals surface area (Å²) >= 11 is 1.29. The summed E-state index contributed by atoms with van der Waals surface area (Å²) in [6.07, 6.45) is 2.47. The molecule has 0 saturated heterocycles. The number of hydrogen-bond acceptors (Lipinski definition) is 4. The predicted octanol–water partition coefficient (Wildman–Crippen LogP) is 4.09. The molecule has 30 heavy (non-hydrogen) atoms. The van der Waals surface area contributed by atoms with Crippen LogP contribution in [-0.2, 0) is 24.2 Å². The van der Waals surface area contributed by atoms with E-state index in [4.69, 9.17) is 0 Å². The summed E-state index contributed by atoms with van der Waals surface area (Å²) in [6, 6.07) is 21.7. The Morgan fingerprint density at radius 2 is 1.67 bits per heavy atom. The zero-order valence-corrected chi connectivity index (χ0v) is 18.0.